The van der Waals surface area contributed by atoms with Crippen LogP contribution in [0.1, 0.15) is 67.3 Å². The minimum Gasteiger partial charge on any atom is -0.475 e. The van der Waals surface area contributed by atoms with E-state index in [1.165, 1.54) is 0 Å². The molecule has 2 atom stereocenters. The van der Waals surface area contributed by atoms with Crippen LogP contribution in [0.25, 0.3) is 0 Å². The first kappa shape index (κ1) is 26.4. The molecule has 0 aromatic carbocycles. The van der Waals surface area contributed by atoms with Gasteiger partial charge in [0.15, 0.2) is 0 Å². The maximum atomic E-state index is 13.0. The minimum absolute atomic E-state index is 0.138. The van der Waals surface area contributed by atoms with Crippen LogP contribution in [0.3, 0.4) is 0 Å². The first-order valence-electron chi connectivity index (χ1n) is 9.84. The van der Waals surface area contributed by atoms with Crippen molar-refractivity contribution in [3.63, 3.8) is 0 Å². The molecule has 1 aromatic rings. The number of thiazole rings is 1. The van der Waals surface area contributed by atoms with Crippen molar-refractivity contribution in [1.29, 1.82) is 0 Å². The molecule has 1 amide bonds. The van der Waals surface area contributed by atoms with Gasteiger partial charge >= 0.3 is 12.1 Å². The van der Waals surface area contributed by atoms with E-state index in [4.69, 9.17) is 15.6 Å². The van der Waals surface area contributed by atoms with Crippen molar-refractivity contribution in [1.82, 2.24) is 9.88 Å². The van der Waals surface area contributed by atoms with Gasteiger partial charge in [-0.05, 0) is 37.1 Å². The van der Waals surface area contributed by atoms with Crippen LogP contribution >= 0.6 is 11.3 Å². The smallest absolute Gasteiger partial charge is 0.475 e. The molecule has 0 saturated carbocycles. The third-order valence-corrected chi connectivity index (χ3v) is 6.57. The molecule has 3 N–H and O–H groups in total. The Kier molecular flexibility index (Phi) is 8.86. The summed E-state index contributed by atoms with van der Waals surface area (Å²) in [6.07, 6.45) is -3.97. The average Bonchev–Trinajstić information content (AvgIpc) is 3.01. The quantitative estimate of drug-likeness (QED) is 0.715. The molecule has 0 unspecified atom stereocenters. The molecule has 0 radical (unpaired) electrons. The topological polar surface area (TPSA) is 96.5 Å². The number of amides is 1. The fraction of sp³-hybridized carbons (Fsp3) is 0.750. The molecule has 1 aliphatic rings. The van der Waals surface area contributed by atoms with Gasteiger partial charge in [0.1, 0.15) is 4.88 Å². The first-order chi connectivity index (χ1) is 13.6. The van der Waals surface area contributed by atoms with E-state index in [0.29, 0.717) is 24.3 Å². The molecule has 1 aromatic heterocycles. The minimum atomic E-state index is -5.08. The van der Waals surface area contributed by atoms with Gasteiger partial charge in [-0.1, -0.05) is 34.6 Å². The van der Waals surface area contributed by atoms with Crippen LogP contribution in [0.4, 0.5) is 13.2 Å². The number of rotatable bonds is 3. The Labute approximate surface area is 179 Å². The van der Waals surface area contributed by atoms with Gasteiger partial charge in [-0.15, -0.1) is 11.3 Å². The number of aryl methyl sites for hydroxylation is 1. The van der Waals surface area contributed by atoms with Crippen molar-refractivity contribution in [3.8, 4) is 0 Å². The van der Waals surface area contributed by atoms with Crippen LogP contribution < -0.4 is 5.73 Å². The summed E-state index contributed by atoms with van der Waals surface area (Å²) in [7, 11) is 0. The zero-order chi connectivity index (χ0) is 23.4. The molecule has 30 heavy (non-hydrogen) atoms. The molecular formula is C20H32F3N3O3S. The molecule has 1 aliphatic heterocycles. The van der Waals surface area contributed by atoms with E-state index in [9.17, 15) is 18.0 Å². The van der Waals surface area contributed by atoms with Gasteiger partial charge in [0.25, 0.3) is 5.91 Å². The Hall–Kier alpha value is -1.68. The monoisotopic (exact) mass is 451 g/mol. The van der Waals surface area contributed by atoms with Crippen LogP contribution in [-0.4, -0.2) is 52.7 Å². The Bertz CT molecular complexity index is 742. The molecule has 0 aliphatic carbocycles. The normalized spacial score (nSPS) is 20.0. The molecule has 10 heteroatoms. The summed E-state index contributed by atoms with van der Waals surface area (Å²) in [5.41, 5.74) is 7.00. The lowest BCUT2D eigenvalue weighted by molar-refractivity contribution is -0.192. The van der Waals surface area contributed by atoms with E-state index < -0.39 is 12.1 Å². The van der Waals surface area contributed by atoms with Crippen LogP contribution in [0.15, 0.2) is 0 Å². The standard InChI is InChI=1S/C18H31N3OS.C2HF3O2/c1-11(2)16-20-12(3)15(23-16)17(22)21-9-13(8-19)7-14(10-21)18(4,5)6;3-2(4,5)1(6)7/h11,13-14H,7-10,19H2,1-6H3;(H,6,7)/t13-,14-;/m1./s1. The maximum absolute atomic E-state index is 13.0. The number of carboxylic acid groups (broad SMARTS) is 1. The molecule has 0 spiro atoms. The summed E-state index contributed by atoms with van der Waals surface area (Å²) in [6.45, 7) is 15.2. The molecule has 0 bridgehead atoms. The highest BCUT2D eigenvalue weighted by atomic mass is 32.1. The fourth-order valence-electron chi connectivity index (χ4n) is 3.17. The largest absolute Gasteiger partial charge is 0.490 e. The van der Waals surface area contributed by atoms with Gasteiger partial charge in [-0.2, -0.15) is 13.2 Å². The Morgan fingerprint density at radius 1 is 1.27 bits per heavy atom. The molecule has 1 fully saturated rings. The summed E-state index contributed by atoms with van der Waals surface area (Å²) in [4.78, 5) is 29.3. The molecule has 1 saturated heterocycles. The molecule has 172 valence electrons. The fourth-order valence-corrected chi connectivity index (χ4v) is 4.21. The summed E-state index contributed by atoms with van der Waals surface area (Å²) in [5.74, 6) is -1.37. The predicted octanol–water partition coefficient (Wildman–Crippen LogP) is 4.29. The molecular weight excluding hydrogens is 419 g/mol. The summed E-state index contributed by atoms with van der Waals surface area (Å²) >= 11 is 1.55. The van der Waals surface area contributed by atoms with Crippen molar-refractivity contribution in [2.75, 3.05) is 19.6 Å². The van der Waals surface area contributed by atoms with Crippen LogP contribution in [0.5, 0.6) is 0 Å². The Balaban J connectivity index is 0.000000553. The number of halogens is 3. The number of likely N-dealkylation sites (tertiary alicyclic amines) is 1. The zero-order valence-corrected chi connectivity index (χ0v) is 19.2. The number of nitrogens with two attached hydrogens (primary N) is 1. The van der Waals surface area contributed by atoms with Crippen molar-refractivity contribution < 1.29 is 27.9 Å². The van der Waals surface area contributed by atoms with Gasteiger partial charge in [0.05, 0.1) is 10.7 Å². The lowest BCUT2D eigenvalue weighted by atomic mass is 9.73. The van der Waals surface area contributed by atoms with Gasteiger partial charge in [-0.25, -0.2) is 9.78 Å². The average molecular weight is 452 g/mol. The van der Waals surface area contributed by atoms with Gasteiger partial charge < -0.3 is 15.7 Å². The number of carboxylic acids is 1. The van der Waals surface area contributed by atoms with Crippen molar-refractivity contribution in [2.24, 2.45) is 23.0 Å². The molecule has 2 heterocycles. The van der Waals surface area contributed by atoms with Crippen LogP contribution in [-0.2, 0) is 4.79 Å². The van der Waals surface area contributed by atoms with E-state index in [2.05, 4.69) is 39.6 Å². The van der Waals surface area contributed by atoms with E-state index >= 15 is 0 Å². The van der Waals surface area contributed by atoms with Gasteiger partial charge in [0.2, 0.25) is 0 Å². The summed E-state index contributed by atoms with van der Waals surface area (Å²) in [5, 5.41) is 8.17. The number of hydrogen-bond donors (Lipinski definition) is 2. The highest BCUT2D eigenvalue weighted by Gasteiger charge is 2.38. The lowest BCUT2D eigenvalue weighted by Gasteiger charge is -2.43. The number of carbonyl (C=O) groups excluding carboxylic acids is 1. The summed E-state index contributed by atoms with van der Waals surface area (Å²) < 4.78 is 31.7. The number of carbonyl (C=O) groups is 2. The lowest BCUT2D eigenvalue weighted by Crippen LogP contribution is -2.49. The number of aliphatic carboxylic acids is 1. The predicted molar refractivity (Wildman–Crippen MR) is 111 cm³/mol. The van der Waals surface area contributed by atoms with E-state index in [1.807, 2.05) is 11.8 Å². The van der Waals surface area contributed by atoms with Crippen molar-refractivity contribution in [2.45, 2.75) is 60.1 Å². The third kappa shape index (κ3) is 7.23. The van der Waals surface area contributed by atoms with Crippen LogP contribution in [0, 0.1) is 24.2 Å². The second kappa shape index (κ2) is 10.1. The van der Waals surface area contributed by atoms with E-state index in [0.717, 1.165) is 35.1 Å². The molecule has 6 nitrogen and oxygen atoms in total. The summed E-state index contributed by atoms with van der Waals surface area (Å²) in [6, 6.07) is 0. The van der Waals surface area contributed by atoms with E-state index in [1.54, 1.807) is 11.3 Å². The maximum Gasteiger partial charge on any atom is 0.490 e. The van der Waals surface area contributed by atoms with Crippen molar-refractivity contribution in [3.05, 3.63) is 15.6 Å². The highest BCUT2D eigenvalue weighted by Crippen LogP contribution is 2.36. The van der Waals surface area contributed by atoms with Crippen molar-refractivity contribution >= 4 is 23.2 Å². The number of aromatic nitrogens is 1. The Morgan fingerprint density at radius 3 is 2.17 bits per heavy atom. The zero-order valence-electron chi connectivity index (χ0n) is 18.3. The van der Waals surface area contributed by atoms with E-state index in [-0.39, 0.29) is 11.3 Å². The SMILES string of the molecule is Cc1nc(C(C)C)sc1C(=O)N1C[C@@H](CN)C[C@@H](C(C)(C)C)C1.O=C(O)C(F)(F)F. The second-order valence-corrected chi connectivity index (χ2v) is 10.1. The number of nitrogens with zero attached hydrogens (tertiary/aromatic N) is 2. The first-order valence-corrected chi connectivity index (χ1v) is 10.7. The number of piperidine rings is 1. The number of hydrogen-bond acceptors (Lipinski definition) is 5. The Morgan fingerprint density at radius 2 is 1.80 bits per heavy atom. The van der Waals surface area contributed by atoms with Gasteiger partial charge in [-0.3, -0.25) is 4.79 Å². The highest BCUT2D eigenvalue weighted by molar-refractivity contribution is 7.13. The van der Waals surface area contributed by atoms with Crippen LogP contribution in [0.2, 0.25) is 0 Å². The second-order valence-electron chi connectivity index (χ2n) is 9.03. The number of alkyl halides is 3. The third-order valence-electron chi connectivity index (χ3n) is 5.13. The van der Waals surface area contributed by atoms with Gasteiger partial charge in [0, 0.05) is 19.0 Å². The molecule has 2 rings (SSSR count).